The Balaban J connectivity index is 2.08. The SMILES string of the molecule is COCC(C)NC(=O)C1CC(=O)N(c2ccc(OC)c(OC)c2)C1. The van der Waals surface area contributed by atoms with Crippen molar-refractivity contribution in [1.82, 2.24) is 5.32 Å². The zero-order valence-electron chi connectivity index (χ0n) is 14.5. The second kappa shape index (κ2) is 8.01. The number of ether oxygens (including phenoxy) is 3. The molecule has 7 nitrogen and oxygen atoms in total. The van der Waals surface area contributed by atoms with E-state index >= 15 is 0 Å². The fraction of sp³-hybridized carbons (Fsp3) is 0.529. The molecule has 1 N–H and O–H groups in total. The Morgan fingerprint density at radius 2 is 2.00 bits per heavy atom. The molecule has 1 saturated heterocycles. The second-order valence-corrected chi connectivity index (χ2v) is 5.81. The summed E-state index contributed by atoms with van der Waals surface area (Å²) in [7, 11) is 4.68. The van der Waals surface area contributed by atoms with Gasteiger partial charge in [-0.1, -0.05) is 0 Å². The van der Waals surface area contributed by atoms with Gasteiger partial charge in [-0.05, 0) is 19.1 Å². The molecule has 0 saturated carbocycles. The first-order chi connectivity index (χ1) is 11.5. The lowest BCUT2D eigenvalue weighted by Gasteiger charge is -2.19. The number of rotatable bonds is 7. The first-order valence-electron chi connectivity index (χ1n) is 7.81. The summed E-state index contributed by atoms with van der Waals surface area (Å²) >= 11 is 0. The van der Waals surface area contributed by atoms with Crippen LogP contribution in [-0.2, 0) is 14.3 Å². The Kier molecular flexibility index (Phi) is 6.03. The van der Waals surface area contributed by atoms with Crippen molar-refractivity contribution in [3.05, 3.63) is 18.2 Å². The van der Waals surface area contributed by atoms with Gasteiger partial charge in [-0.15, -0.1) is 0 Å². The quantitative estimate of drug-likeness (QED) is 0.810. The highest BCUT2D eigenvalue weighted by Gasteiger charge is 2.35. The zero-order valence-corrected chi connectivity index (χ0v) is 14.5. The third kappa shape index (κ3) is 3.97. The lowest BCUT2D eigenvalue weighted by Crippen LogP contribution is -2.40. The van der Waals surface area contributed by atoms with Crippen molar-refractivity contribution in [3.8, 4) is 11.5 Å². The van der Waals surface area contributed by atoms with E-state index in [0.29, 0.717) is 30.3 Å². The number of carbonyl (C=O) groups is 2. The smallest absolute Gasteiger partial charge is 0.227 e. The van der Waals surface area contributed by atoms with Crippen molar-refractivity contribution in [1.29, 1.82) is 0 Å². The van der Waals surface area contributed by atoms with E-state index in [1.165, 1.54) is 0 Å². The number of benzene rings is 1. The number of methoxy groups -OCH3 is 3. The molecule has 1 aliphatic rings. The van der Waals surface area contributed by atoms with E-state index in [1.807, 2.05) is 6.92 Å². The Morgan fingerprint density at radius 3 is 2.62 bits per heavy atom. The maximum absolute atomic E-state index is 12.3. The molecule has 2 atom stereocenters. The molecule has 1 aromatic carbocycles. The van der Waals surface area contributed by atoms with Gasteiger partial charge in [0.1, 0.15) is 0 Å². The number of hydrogen-bond donors (Lipinski definition) is 1. The lowest BCUT2D eigenvalue weighted by molar-refractivity contribution is -0.127. The van der Waals surface area contributed by atoms with Gasteiger partial charge in [-0.2, -0.15) is 0 Å². The second-order valence-electron chi connectivity index (χ2n) is 5.81. The summed E-state index contributed by atoms with van der Waals surface area (Å²) in [4.78, 5) is 26.2. The first-order valence-corrected chi connectivity index (χ1v) is 7.81. The summed E-state index contributed by atoms with van der Waals surface area (Å²) in [6.07, 6.45) is 0.194. The van der Waals surface area contributed by atoms with Crippen LogP contribution in [0.2, 0.25) is 0 Å². The molecule has 132 valence electrons. The van der Waals surface area contributed by atoms with Gasteiger partial charge in [0.05, 0.1) is 26.7 Å². The van der Waals surface area contributed by atoms with E-state index < -0.39 is 0 Å². The molecule has 0 radical (unpaired) electrons. The summed E-state index contributed by atoms with van der Waals surface area (Å²) in [5, 5.41) is 2.87. The van der Waals surface area contributed by atoms with Crippen LogP contribution in [0, 0.1) is 5.92 Å². The minimum Gasteiger partial charge on any atom is -0.493 e. The average Bonchev–Trinajstić information content (AvgIpc) is 2.96. The van der Waals surface area contributed by atoms with Gasteiger partial charge in [0.15, 0.2) is 11.5 Å². The van der Waals surface area contributed by atoms with Gasteiger partial charge in [0.2, 0.25) is 11.8 Å². The standard InChI is InChI=1S/C17H24N2O5/c1-11(10-22-2)18-17(21)12-7-16(20)19(9-12)13-5-6-14(23-3)15(8-13)24-4/h5-6,8,11-12H,7,9-10H2,1-4H3,(H,18,21). The number of amides is 2. The van der Waals surface area contributed by atoms with Crippen molar-refractivity contribution >= 4 is 17.5 Å². The van der Waals surface area contributed by atoms with Crippen LogP contribution in [0.1, 0.15) is 13.3 Å². The van der Waals surface area contributed by atoms with Crippen LogP contribution in [0.4, 0.5) is 5.69 Å². The summed E-state index contributed by atoms with van der Waals surface area (Å²) in [6.45, 7) is 2.65. The molecule has 2 rings (SSSR count). The normalized spacial score (nSPS) is 18.4. The van der Waals surface area contributed by atoms with E-state index in [0.717, 1.165) is 0 Å². The molecule has 1 aromatic rings. The molecule has 0 spiro atoms. The monoisotopic (exact) mass is 336 g/mol. The van der Waals surface area contributed by atoms with Crippen LogP contribution >= 0.6 is 0 Å². The molecule has 0 aromatic heterocycles. The van der Waals surface area contributed by atoms with E-state index in [9.17, 15) is 9.59 Å². The molecule has 1 heterocycles. The molecular formula is C17H24N2O5. The predicted octanol–water partition coefficient (Wildman–Crippen LogP) is 1.21. The molecule has 7 heteroatoms. The Labute approximate surface area is 141 Å². The van der Waals surface area contributed by atoms with Crippen LogP contribution in [0.3, 0.4) is 0 Å². The minimum atomic E-state index is -0.370. The highest BCUT2D eigenvalue weighted by molar-refractivity contribution is 6.00. The number of nitrogens with zero attached hydrogens (tertiary/aromatic N) is 1. The van der Waals surface area contributed by atoms with Gasteiger partial charge in [0.25, 0.3) is 0 Å². The van der Waals surface area contributed by atoms with Crippen molar-refractivity contribution in [3.63, 3.8) is 0 Å². The Bertz CT molecular complexity index is 605. The molecular weight excluding hydrogens is 312 g/mol. The largest absolute Gasteiger partial charge is 0.493 e. The highest BCUT2D eigenvalue weighted by atomic mass is 16.5. The van der Waals surface area contributed by atoms with Crippen LogP contribution in [0.25, 0.3) is 0 Å². The number of nitrogens with one attached hydrogen (secondary N) is 1. The summed E-state index contributed by atoms with van der Waals surface area (Å²) in [6, 6.07) is 5.18. The maximum Gasteiger partial charge on any atom is 0.227 e. The molecule has 2 amide bonds. The summed E-state index contributed by atoms with van der Waals surface area (Å²) in [5.41, 5.74) is 0.692. The summed E-state index contributed by atoms with van der Waals surface area (Å²) < 4.78 is 15.5. The first kappa shape index (κ1) is 18.1. The average molecular weight is 336 g/mol. The maximum atomic E-state index is 12.3. The van der Waals surface area contributed by atoms with E-state index in [2.05, 4.69) is 5.32 Å². The third-order valence-corrected chi connectivity index (χ3v) is 3.98. The molecule has 0 bridgehead atoms. The van der Waals surface area contributed by atoms with Gasteiger partial charge in [-0.25, -0.2) is 0 Å². The highest BCUT2D eigenvalue weighted by Crippen LogP contribution is 2.34. The molecule has 2 unspecified atom stereocenters. The minimum absolute atomic E-state index is 0.0817. The Morgan fingerprint density at radius 1 is 1.29 bits per heavy atom. The lowest BCUT2D eigenvalue weighted by atomic mass is 10.1. The topological polar surface area (TPSA) is 77.1 Å². The molecule has 1 fully saturated rings. The van der Waals surface area contributed by atoms with E-state index in [-0.39, 0.29) is 30.2 Å². The summed E-state index contributed by atoms with van der Waals surface area (Å²) in [5.74, 6) is 0.558. The fourth-order valence-corrected chi connectivity index (χ4v) is 2.78. The van der Waals surface area contributed by atoms with Crippen molar-refractivity contribution in [2.24, 2.45) is 5.92 Å². The third-order valence-electron chi connectivity index (χ3n) is 3.98. The number of carbonyl (C=O) groups excluding carboxylic acids is 2. The predicted molar refractivity (Wildman–Crippen MR) is 89.5 cm³/mol. The van der Waals surface area contributed by atoms with E-state index in [4.69, 9.17) is 14.2 Å². The van der Waals surface area contributed by atoms with Crippen molar-refractivity contribution in [2.45, 2.75) is 19.4 Å². The van der Waals surface area contributed by atoms with Gasteiger partial charge in [-0.3, -0.25) is 9.59 Å². The van der Waals surface area contributed by atoms with Crippen LogP contribution in [-0.4, -0.2) is 52.3 Å². The number of hydrogen-bond acceptors (Lipinski definition) is 5. The molecule has 0 aliphatic carbocycles. The fourth-order valence-electron chi connectivity index (χ4n) is 2.78. The van der Waals surface area contributed by atoms with Crippen molar-refractivity contribution in [2.75, 3.05) is 39.4 Å². The Hall–Kier alpha value is -2.28. The molecule has 24 heavy (non-hydrogen) atoms. The zero-order chi connectivity index (χ0) is 17.7. The van der Waals surface area contributed by atoms with Gasteiger partial charge < -0.3 is 24.4 Å². The van der Waals surface area contributed by atoms with Crippen LogP contribution in [0.15, 0.2) is 18.2 Å². The van der Waals surface area contributed by atoms with Gasteiger partial charge in [0, 0.05) is 37.9 Å². The van der Waals surface area contributed by atoms with Gasteiger partial charge >= 0.3 is 0 Å². The van der Waals surface area contributed by atoms with Crippen LogP contribution in [0.5, 0.6) is 11.5 Å². The van der Waals surface area contributed by atoms with E-state index in [1.54, 1.807) is 44.4 Å². The van der Waals surface area contributed by atoms with Crippen LogP contribution < -0.4 is 19.7 Å². The molecule has 1 aliphatic heterocycles. The van der Waals surface area contributed by atoms with Crippen molar-refractivity contribution < 1.29 is 23.8 Å². The number of anilines is 1.